The summed E-state index contributed by atoms with van der Waals surface area (Å²) in [6.07, 6.45) is 1.00. The molecule has 0 aliphatic carbocycles. The van der Waals surface area contributed by atoms with Crippen LogP contribution in [0.2, 0.25) is 0 Å². The summed E-state index contributed by atoms with van der Waals surface area (Å²) in [5.74, 6) is 0. The minimum atomic E-state index is 0. The zero-order valence-corrected chi connectivity index (χ0v) is 11.5. The average Bonchev–Trinajstić information content (AvgIpc) is 1.89. The Bertz CT molecular complexity index is 83.7. The van der Waals surface area contributed by atoms with E-state index in [1.807, 2.05) is 6.92 Å². The van der Waals surface area contributed by atoms with E-state index in [4.69, 9.17) is 0 Å². The first-order chi connectivity index (χ1) is 4.18. The van der Waals surface area contributed by atoms with Gasteiger partial charge in [0.05, 0.1) is 0 Å². The van der Waals surface area contributed by atoms with Crippen molar-refractivity contribution >= 4 is 17.7 Å². The number of thiocarbonyl (C=S) groups is 1. The first-order valence-electron chi connectivity index (χ1n) is 2.72. The molecule has 0 amide bonds. The van der Waals surface area contributed by atoms with Crippen LogP contribution in [-0.4, -0.2) is 12.5 Å². The van der Waals surface area contributed by atoms with E-state index < -0.39 is 0 Å². The van der Waals surface area contributed by atoms with Crippen molar-refractivity contribution in [2.24, 2.45) is 0 Å². The van der Waals surface area contributed by atoms with Gasteiger partial charge in [-0.3, -0.25) is 0 Å². The predicted molar refractivity (Wildman–Crippen MR) is 46.4 cm³/mol. The SMILES string of the molecule is C=C([CH2-])CC.CN[C-]=S.[U+2]. The maximum atomic E-state index is 4.19. The molecule has 1 nitrogen and oxygen atoms in total. The minimum absolute atomic E-state index is 0. The number of rotatable bonds is 2. The van der Waals surface area contributed by atoms with Gasteiger partial charge in [-0.25, -0.2) is 19.1 Å². The van der Waals surface area contributed by atoms with Crippen LogP contribution < -0.4 is 5.32 Å². The van der Waals surface area contributed by atoms with Crippen LogP contribution in [0.25, 0.3) is 0 Å². The number of hydrogen-bond donors (Lipinski definition) is 1. The summed E-state index contributed by atoms with van der Waals surface area (Å²) in [5.41, 5.74) is 3.27. The molecular formula is C7H13NSU. The Morgan fingerprint density at radius 3 is 2.00 bits per heavy atom. The second-order valence-corrected chi connectivity index (χ2v) is 1.66. The molecule has 0 saturated carbocycles. The van der Waals surface area contributed by atoms with Gasteiger partial charge in [-0.2, -0.15) is 0 Å². The summed E-state index contributed by atoms with van der Waals surface area (Å²) < 4.78 is 0. The molecule has 10 heavy (non-hydrogen) atoms. The third kappa shape index (κ3) is 38.7. The van der Waals surface area contributed by atoms with E-state index in [2.05, 4.69) is 36.5 Å². The van der Waals surface area contributed by atoms with Crippen molar-refractivity contribution in [3.8, 4) is 0 Å². The minimum Gasteiger partial charge on any atom is -0.559 e. The molecule has 56 valence electrons. The molecule has 0 radical (unpaired) electrons. The van der Waals surface area contributed by atoms with Gasteiger partial charge in [0.15, 0.2) is 0 Å². The average molecular weight is 381 g/mol. The first kappa shape index (κ1) is 16.9. The molecule has 0 aromatic heterocycles. The second kappa shape index (κ2) is 16.3. The fourth-order valence-electron chi connectivity index (χ4n) is 0. The van der Waals surface area contributed by atoms with Crippen molar-refractivity contribution in [1.29, 1.82) is 0 Å². The van der Waals surface area contributed by atoms with E-state index in [0.717, 1.165) is 12.0 Å². The van der Waals surface area contributed by atoms with Gasteiger partial charge in [-0.15, -0.1) is 0 Å². The van der Waals surface area contributed by atoms with Crippen LogP contribution in [0.5, 0.6) is 0 Å². The Kier molecular flexibility index (Phi) is 27.5. The van der Waals surface area contributed by atoms with Crippen LogP contribution in [0.15, 0.2) is 12.2 Å². The summed E-state index contributed by atoms with van der Waals surface area (Å²) in [4.78, 5) is 0. The van der Waals surface area contributed by atoms with Crippen LogP contribution in [0.1, 0.15) is 13.3 Å². The molecule has 0 saturated heterocycles. The fourth-order valence-corrected chi connectivity index (χ4v) is 0. The largest absolute Gasteiger partial charge is 2.00 e. The van der Waals surface area contributed by atoms with Gasteiger partial charge in [0.2, 0.25) is 0 Å². The summed E-state index contributed by atoms with van der Waals surface area (Å²) in [6.45, 7) is 9.16. The third-order valence-electron chi connectivity index (χ3n) is 0.602. The molecule has 0 heterocycles. The Morgan fingerprint density at radius 2 is 2.00 bits per heavy atom. The topological polar surface area (TPSA) is 12.0 Å². The van der Waals surface area contributed by atoms with Gasteiger partial charge >= 0.3 is 31.1 Å². The van der Waals surface area contributed by atoms with Crippen LogP contribution in [-0.2, 0) is 0 Å². The molecule has 0 aliphatic rings. The van der Waals surface area contributed by atoms with E-state index in [1.165, 1.54) is 0 Å². The molecule has 1 N–H and O–H groups in total. The van der Waals surface area contributed by atoms with Gasteiger partial charge in [-0.05, 0) is 7.05 Å². The molecular weight excluding hydrogens is 368 g/mol. The zero-order chi connectivity index (χ0) is 7.70. The molecule has 0 spiro atoms. The van der Waals surface area contributed by atoms with Crippen molar-refractivity contribution in [3.63, 3.8) is 0 Å². The maximum Gasteiger partial charge on any atom is 2.00 e. The van der Waals surface area contributed by atoms with Gasteiger partial charge in [0.25, 0.3) is 0 Å². The predicted octanol–water partition coefficient (Wildman–Crippen LogP) is 1.83. The van der Waals surface area contributed by atoms with Gasteiger partial charge < -0.3 is 23.0 Å². The Balaban J connectivity index is -0.0000000910. The van der Waals surface area contributed by atoms with Crippen molar-refractivity contribution in [3.05, 3.63) is 19.1 Å². The van der Waals surface area contributed by atoms with E-state index >= 15 is 0 Å². The second-order valence-electron chi connectivity index (χ2n) is 1.46. The van der Waals surface area contributed by atoms with Crippen LogP contribution in [0.3, 0.4) is 0 Å². The third-order valence-corrected chi connectivity index (χ3v) is 0.806. The van der Waals surface area contributed by atoms with Crippen molar-refractivity contribution in [2.45, 2.75) is 13.3 Å². The zero-order valence-electron chi connectivity index (χ0n) is 6.53. The number of allylic oxidation sites excluding steroid dienone is 1. The molecule has 0 fully saturated rings. The molecule has 0 unspecified atom stereocenters. The molecule has 0 rings (SSSR count). The van der Waals surface area contributed by atoms with E-state index in [1.54, 1.807) is 7.05 Å². The monoisotopic (exact) mass is 381 g/mol. The van der Waals surface area contributed by atoms with E-state index in [-0.39, 0.29) is 31.1 Å². The quantitative estimate of drug-likeness (QED) is 0.445. The van der Waals surface area contributed by atoms with E-state index in [9.17, 15) is 0 Å². The first-order valence-corrected chi connectivity index (χ1v) is 3.13. The summed E-state index contributed by atoms with van der Waals surface area (Å²) >= 11 is 4.19. The Hall–Kier alpha value is 0.552. The number of hydrogen-bond acceptors (Lipinski definition) is 1. The number of nitrogens with one attached hydrogen (secondary N) is 1. The summed E-state index contributed by atoms with van der Waals surface area (Å²) in [5, 5.41) is 2.50. The van der Waals surface area contributed by atoms with Crippen molar-refractivity contribution < 1.29 is 31.1 Å². The smallest absolute Gasteiger partial charge is 0.559 e. The Morgan fingerprint density at radius 1 is 1.80 bits per heavy atom. The van der Waals surface area contributed by atoms with Crippen molar-refractivity contribution in [1.82, 2.24) is 5.32 Å². The fraction of sp³-hybridized carbons (Fsp3) is 0.429. The molecule has 3 heteroatoms. The summed E-state index contributed by atoms with van der Waals surface area (Å²) in [7, 11) is 1.72. The van der Waals surface area contributed by atoms with Gasteiger partial charge in [0.1, 0.15) is 0 Å². The van der Waals surface area contributed by atoms with E-state index in [0.29, 0.717) is 0 Å². The summed E-state index contributed by atoms with van der Waals surface area (Å²) in [6, 6.07) is 0. The molecule has 0 bridgehead atoms. The molecule has 0 aliphatic heterocycles. The van der Waals surface area contributed by atoms with Crippen LogP contribution in [0.4, 0.5) is 0 Å². The van der Waals surface area contributed by atoms with Crippen LogP contribution in [0, 0.1) is 38.0 Å². The normalized spacial score (nSPS) is 5.80. The molecule has 0 atom stereocenters. The van der Waals surface area contributed by atoms with Gasteiger partial charge in [0, 0.05) is 0 Å². The molecule has 0 aromatic carbocycles. The van der Waals surface area contributed by atoms with Crippen LogP contribution >= 0.6 is 12.2 Å². The Labute approximate surface area is 93.0 Å². The van der Waals surface area contributed by atoms with Gasteiger partial charge in [-0.1, -0.05) is 13.3 Å². The maximum absolute atomic E-state index is 4.19. The standard InChI is InChI=1S/C5H9.C2H4NS.U/c1-4-5(2)3;1-3-2-4;/h2-4H2,1H3;1H3,(H,3,4);/q2*-1;+2. The van der Waals surface area contributed by atoms with Crippen molar-refractivity contribution in [2.75, 3.05) is 7.05 Å². The molecule has 0 aromatic rings.